The molecule has 0 N–H and O–H groups in total. The van der Waals surface area contributed by atoms with Crippen LogP contribution < -0.4 is 4.74 Å². The molecule has 2 heterocycles. The summed E-state index contributed by atoms with van der Waals surface area (Å²) in [5, 5.41) is 0. The van der Waals surface area contributed by atoms with Crippen molar-refractivity contribution in [3.05, 3.63) is 29.8 Å². The predicted molar refractivity (Wildman–Crippen MR) is 94.3 cm³/mol. The van der Waals surface area contributed by atoms with Crippen molar-refractivity contribution < 1.29 is 27.5 Å². The highest BCUT2D eigenvalue weighted by Gasteiger charge is 2.38. The molecule has 0 aromatic heterocycles. The predicted octanol–water partition coefficient (Wildman–Crippen LogP) is 2.68. The Kier molecular flexibility index (Phi) is 5.91. The molecular formula is C16H17F3N2O3S2. The average Bonchev–Trinajstić information content (AvgIpc) is 3.10. The first-order valence-electron chi connectivity index (χ1n) is 7.96. The monoisotopic (exact) mass is 406 g/mol. The van der Waals surface area contributed by atoms with E-state index in [0.29, 0.717) is 24.7 Å². The maximum atomic E-state index is 12.7. The third kappa shape index (κ3) is 4.59. The van der Waals surface area contributed by atoms with E-state index >= 15 is 0 Å². The number of hydrogen-bond donors (Lipinski definition) is 0. The average molecular weight is 406 g/mol. The Morgan fingerprint density at radius 1 is 1.08 bits per heavy atom. The zero-order valence-electron chi connectivity index (χ0n) is 13.7. The lowest BCUT2D eigenvalue weighted by atomic mass is 10.1. The standard InChI is InChI=1S/C16H17F3N2O3S2/c17-16(18,19)24-12-3-1-11(2-4-12)14(22)21-10-26-9-13(21)15(23)20-5-7-25-8-6-20/h1-4,13H,5-10H2. The van der Waals surface area contributed by atoms with Crippen LogP contribution in [0.3, 0.4) is 0 Å². The van der Waals surface area contributed by atoms with Crippen LogP contribution in [0.5, 0.6) is 5.75 Å². The lowest BCUT2D eigenvalue weighted by molar-refractivity contribution is -0.274. The molecule has 0 saturated carbocycles. The van der Waals surface area contributed by atoms with Gasteiger partial charge < -0.3 is 14.5 Å². The number of thioether (sulfide) groups is 2. The zero-order valence-corrected chi connectivity index (χ0v) is 15.3. The highest BCUT2D eigenvalue weighted by Crippen LogP contribution is 2.27. The van der Waals surface area contributed by atoms with Crippen molar-refractivity contribution >= 4 is 35.3 Å². The SMILES string of the molecule is O=C(C1CSCN1C(=O)c1ccc(OC(F)(F)F)cc1)N1CCSCC1. The Hall–Kier alpha value is -1.55. The Labute approximate surface area is 157 Å². The number of hydrogen-bond acceptors (Lipinski definition) is 5. The first-order chi connectivity index (χ1) is 12.3. The summed E-state index contributed by atoms with van der Waals surface area (Å²) < 4.78 is 40.5. The Morgan fingerprint density at radius 3 is 2.35 bits per heavy atom. The minimum Gasteiger partial charge on any atom is -0.406 e. The van der Waals surface area contributed by atoms with Gasteiger partial charge in [-0.05, 0) is 24.3 Å². The smallest absolute Gasteiger partial charge is 0.406 e. The summed E-state index contributed by atoms with van der Waals surface area (Å²) in [6, 6.07) is 4.24. The van der Waals surface area contributed by atoms with Crippen LogP contribution in [0.25, 0.3) is 0 Å². The summed E-state index contributed by atoms with van der Waals surface area (Å²) >= 11 is 3.29. The fourth-order valence-electron chi connectivity index (χ4n) is 2.81. The second-order valence-corrected chi connectivity index (χ2v) is 8.02. The molecule has 26 heavy (non-hydrogen) atoms. The molecule has 0 aliphatic carbocycles. The largest absolute Gasteiger partial charge is 0.573 e. The second kappa shape index (κ2) is 7.99. The summed E-state index contributed by atoms with van der Waals surface area (Å²) in [7, 11) is 0. The van der Waals surface area contributed by atoms with Gasteiger partial charge in [-0.2, -0.15) is 11.8 Å². The molecule has 0 radical (unpaired) electrons. The van der Waals surface area contributed by atoms with Crippen molar-refractivity contribution in [2.45, 2.75) is 12.4 Å². The van der Waals surface area contributed by atoms with Crippen molar-refractivity contribution in [1.29, 1.82) is 0 Å². The van der Waals surface area contributed by atoms with Crippen LogP contribution in [0.4, 0.5) is 13.2 Å². The molecule has 3 rings (SSSR count). The number of carbonyl (C=O) groups excluding carboxylic acids is 2. The fraction of sp³-hybridized carbons (Fsp3) is 0.500. The number of nitrogens with zero attached hydrogens (tertiary/aromatic N) is 2. The summed E-state index contributed by atoms with van der Waals surface area (Å²) in [5.41, 5.74) is 0.231. The molecule has 2 saturated heterocycles. The maximum Gasteiger partial charge on any atom is 0.573 e. The quantitative estimate of drug-likeness (QED) is 0.773. The molecule has 1 atom stereocenters. The van der Waals surface area contributed by atoms with Gasteiger partial charge in [0.25, 0.3) is 5.91 Å². The number of amides is 2. The topological polar surface area (TPSA) is 49.9 Å². The fourth-order valence-corrected chi connectivity index (χ4v) is 4.86. The Morgan fingerprint density at radius 2 is 1.73 bits per heavy atom. The van der Waals surface area contributed by atoms with Crippen molar-refractivity contribution in [3.63, 3.8) is 0 Å². The van der Waals surface area contributed by atoms with Gasteiger partial charge in [-0.15, -0.1) is 24.9 Å². The van der Waals surface area contributed by atoms with Crippen LogP contribution in [0.2, 0.25) is 0 Å². The van der Waals surface area contributed by atoms with E-state index in [0.717, 1.165) is 23.6 Å². The van der Waals surface area contributed by atoms with E-state index in [1.165, 1.54) is 28.8 Å². The molecule has 0 spiro atoms. The van der Waals surface area contributed by atoms with E-state index < -0.39 is 12.4 Å². The van der Waals surface area contributed by atoms with E-state index in [1.54, 1.807) is 16.7 Å². The lowest BCUT2D eigenvalue weighted by Gasteiger charge is -2.32. The van der Waals surface area contributed by atoms with Gasteiger partial charge in [-0.1, -0.05) is 0 Å². The molecule has 2 aliphatic rings. The molecule has 1 aromatic carbocycles. The first-order valence-corrected chi connectivity index (χ1v) is 10.3. The van der Waals surface area contributed by atoms with Gasteiger partial charge >= 0.3 is 6.36 Å². The van der Waals surface area contributed by atoms with Crippen molar-refractivity contribution in [3.8, 4) is 5.75 Å². The van der Waals surface area contributed by atoms with Crippen LogP contribution in [-0.4, -0.2) is 70.2 Å². The van der Waals surface area contributed by atoms with Crippen molar-refractivity contribution in [2.75, 3.05) is 36.2 Å². The van der Waals surface area contributed by atoms with Crippen LogP contribution in [0.1, 0.15) is 10.4 Å². The molecule has 2 fully saturated rings. The van der Waals surface area contributed by atoms with E-state index in [9.17, 15) is 22.8 Å². The van der Waals surface area contributed by atoms with Gasteiger partial charge in [-0.25, -0.2) is 0 Å². The highest BCUT2D eigenvalue weighted by atomic mass is 32.2. The van der Waals surface area contributed by atoms with Crippen molar-refractivity contribution in [1.82, 2.24) is 9.80 Å². The lowest BCUT2D eigenvalue weighted by Crippen LogP contribution is -2.51. The van der Waals surface area contributed by atoms with Crippen LogP contribution in [0, 0.1) is 0 Å². The van der Waals surface area contributed by atoms with Gasteiger partial charge in [0.2, 0.25) is 5.91 Å². The summed E-state index contributed by atoms with van der Waals surface area (Å²) in [4.78, 5) is 28.7. The van der Waals surface area contributed by atoms with Crippen molar-refractivity contribution in [2.24, 2.45) is 0 Å². The molecule has 1 aromatic rings. The van der Waals surface area contributed by atoms with Gasteiger partial charge in [-0.3, -0.25) is 9.59 Å². The Balaban J connectivity index is 1.68. The van der Waals surface area contributed by atoms with E-state index in [4.69, 9.17) is 0 Å². The van der Waals surface area contributed by atoms with E-state index in [2.05, 4.69) is 4.74 Å². The third-order valence-corrected chi connectivity index (χ3v) is 6.04. The third-order valence-electron chi connectivity index (χ3n) is 4.09. The zero-order chi connectivity index (χ0) is 18.7. The van der Waals surface area contributed by atoms with Crippen LogP contribution >= 0.6 is 23.5 Å². The molecule has 1 unspecified atom stereocenters. The number of halogens is 3. The van der Waals surface area contributed by atoms with Gasteiger partial charge in [0.05, 0.1) is 5.88 Å². The minimum absolute atomic E-state index is 0.0549. The summed E-state index contributed by atoms with van der Waals surface area (Å²) in [6.45, 7) is 1.35. The highest BCUT2D eigenvalue weighted by molar-refractivity contribution is 7.99. The van der Waals surface area contributed by atoms with Crippen LogP contribution in [0.15, 0.2) is 24.3 Å². The first kappa shape index (κ1) is 19.2. The van der Waals surface area contributed by atoms with Gasteiger partial charge in [0, 0.05) is 35.9 Å². The van der Waals surface area contributed by atoms with E-state index in [-0.39, 0.29) is 23.1 Å². The van der Waals surface area contributed by atoms with Crippen LogP contribution in [-0.2, 0) is 4.79 Å². The number of carbonyl (C=O) groups is 2. The molecule has 2 aliphatic heterocycles. The van der Waals surface area contributed by atoms with Gasteiger partial charge in [0.15, 0.2) is 0 Å². The Bertz CT molecular complexity index is 664. The normalized spacial score (nSPS) is 21.0. The molecule has 2 amide bonds. The maximum absolute atomic E-state index is 12.7. The molecule has 142 valence electrons. The minimum atomic E-state index is -4.78. The summed E-state index contributed by atoms with van der Waals surface area (Å²) in [6.07, 6.45) is -4.78. The summed E-state index contributed by atoms with van der Waals surface area (Å²) in [5.74, 6) is 1.89. The number of benzene rings is 1. The number of rotatable bonds is 3. The molecule has 0 bridgehead atoms. The molecular weight excluding hydrogens is 389 g/mol. The second-order valence-electron chi connectivity index (χ2n) is 5.80. The number of ether oxygens (including phenoxy) is 1. The van der Waals surface area contributed by atoms with Gasteiger partial charge in [0.1, 0.15) is 11.8 Å². The molecule has 10 heteroatoms. The van der Waals surface area contributed by atoms with E-state index in [1.807, 2.05) is 0 Å². The number of alkyl halides is 3. The molecule has 5 nitrogen and oxygen atoms in total.